The van der Waals surface area contributed by atoms with Gasteiger partial charge in [0.15, 0.2) is 0 Å². The van der Waals surface area contributed by atoms with Gasteiger partial charge in [0.2, 0.25) is 5.91 Å². The van der Waals surface area contributed by atoms with Gasteiger partial charge in [0.05, 0.1) is 0 Å². The van der Waals surface area contributed by atoms with E-state index in [1.807, 2.05) is 6.92 Å². The van der Waals surface area contributed by atoms with Crippen molar-refractivity contribution >= 4 is 17.5 Å². The molecular weight excluding hydrogens is 326 g/mol. The number of carbonyl (C=O) groups excluding carboxylic acids is 2. The topological polar surface area (TPSA) is 40.6 Å². The number of aryl methyl sites for hydroxylation is 1. The van der Waals surface area contributed by atoms with Gasteiger partial charge in [-0.1, -0.05) is 23.8 Å². The van der Waals surface area contributed by atoms with Crippen LogP contribution in [0.5, 0.6) is 0 Å². The molecule has 1 aliphatic rings. The summed E-state index contributed by atoms with van der Waals surface area (Å²) in [6, 6.07) is 10.3. The zero-order valence-electron chi connectivity index (χ0n) is 13.8. The number of nitrogens with zero attached hydrogens (tertiary/aromatic N) is 2. The average Bonchev–Trinajstić information content (AvgIpc) is 2.98. The lowest BCUT2D eigenvalue weighted by molar-refractivity contribution is -0.127. The molecule has 6 heteroatoms. The summed E-state index contributed by atoms with van der Waals surface area (Å²) < 4.78 is 28.1. The van der Waals surface area contributed by atoms with Crippen molar-refractivity contribution in [1.82, 2.24) is 4.90 Å². The first-order chi connectivity index (χ1) is 12.0. The van der Waals surface area contributed by atoms with Crippen LogP contribution in [0.2, 0.25) is 0 Å². The Morgan fingerprint density at radius 2 is 1.76 bits per heavy atom. The fourth-order valence-corrected chi connectivity index (χ4v) is 2.85. The molecule has 1 aliphatic heterocycles. The van der Waals surface area contributed by atoms with Crippen LogP contribution in [-0.2, 0) is 4.79 Å². The minimum Gasteiger partial charge on any atom is -0.324 e. The van der Waals surface area contributed by atoms with Gasteiger partial charge in [0, 0.05) is 18.7 Å². The van der Waals surface area contributed by atoms with E-state index in [2.05, 4.69) is 0 Å². The molecule has 1 saturated heterocycles. The first kappa shape index (κ1) is 17.1. The van der Waals surface area contributed by atoms with Crippen molar-refractivity contribution in [2.45, 2.75) is 19.8 Å². The summed E-state index contributed by atoms with van der Waals surface area (Å²) in [4.78, 5) is 27.6. The molecule has 0 unspecified atom stereocenters. The first-order valence-corrected chi connectivity index (χ1v) is 8.07. The SMILES string of the molecule is Cc1ccc(N(CN2CCCC2=O)C(=O)c2c(F)cccc2F)cc1. The maximum atomic E-state index is 14.1. The number of benzene rings is 2. The van der Waals surface area contributed by atoms with E-state index in [9.17, 15) is 18.4 Å². The Hall–Kier alpha value is -2.76. The molecule has 2 aromatic carbocycles. The monoisotopic (exact) mass is 344 g/mol. The van der Waals surface area contributed by atoms with Crippen molar-refractivity contribution in [2.24, 2.45) is 0 Å². The summed E-state index contributed by atoms with van der Waals surface area (Å²) in [7, 11) is 0. The fraction of sp³-hybridized carbons (Fsp3) is 0.263. The van der Waals surface area contributed by atoms with Gasteiger partial charge < -0.3 is 4.90 Å². The minimum absolute atomic E-state index is 0.0332. The van der Waals surface area contributed by atoms with E-state index in [1.165, 1.54) is 15.9 Å². The molecule has 3 rings (SSSR count). The van der Waals surface area contributed by atoms with Crippen LogP contribution in [0.1, 0.15) is 28.8 Å². The molecule has 0 bridgehead atoms. The molecule has 4 nitrogen and oxygen atoms in total. The molecule has 2 aromatic rings. The summed E-state index contributed by atoms with van der Waals surface area (Å²) >= 11 is 0. The fourth-order valence-electron chi connectivity index (χ4n) is 2.85. The number of carbonyl (C=O) groups is 2. The summed E-state index contributed by atoms with van der Waals surface area (Å²) in [5, 5.41) is 0. The van der Waals surface area contributed by atoms with Gasteiger partial charge in [-0.2, -0.15) is 0 Å². The van der Waals surface area contributed by atoms with Crippen molar-refractivity contribution in [3.63, 3.8) is 0 Å². The standard InChI is InChI=1S/C19H18F2N2O2/c1-13-7-9-14(10-8-13)23(12-22-11-3-6-17(22)24)19(25)18-15(20)4-2-5-16(18)21/h2,4-5,7-10H,3,6,11-12H2,1H3. The number of likely N-dealkylation sites (tertiary alicyclic amines) is 1. The molecule has 1 fully saturated rings. The van der Waals surface area contributed by atoms with Crippen LogP contribution in [0.25, 0.3) is 0 Å². The Kier molecular flexibility index (Phi) is 4.79. The van der Waals surface area contributed by atoms with E-state index in [0.29, 0.717) is 25.1 Å². The maximum Gasteiger partial charge on any atom is 0.265 e. The second-order valence-corrected chi connectivity index (χ2v) is 6.07. The molecule has 0 radical (unpaired) electrons. The predicted octanol–water partition coefficient (Wildman–Crippen LogP) is 3.50. The molecule has 0 aliphatic carbocycles. The zero-order chi connectivity index (χ0) is 18.0. The zero-order valence-corrected chi connectivity index (χ0v) is 13.8. The van der Waals surface area contributed by atoms with Gasteiger partial charge in [-0.05, 0) is 37.6 Å². The van der Waals surface area contributed by atoms with E-state index < -0.39 is 23.1 Å². The molecule has 0 N–H and O–H groups in total. The highest BCUT2D eigenvalue weighted by Crippen LogP contribution is 2.23. The van der Waals surface area contributed by atoms with E-state index in [-0.39, 0.29) is 12.6 Å². The van der Waals surface area contributed by atoms with Gasteiger partial charge in [0.25, 0.3) is 5.91 Å². The maximum absolute atomic E-state index is 14.1. The molecule has 0 atom stereocenters. The Bertz CT molecular complexity index is 785. The molecule has 130 valence electrons. The van der Waals surface area contributed by atoms with Crippen molar-refractivity contribution in [2.75, 3.05) is 18.1 Å². The summed E-state index contributed by atoms with van der Waals surface area (Å²) in [6.07, 6.45) is 1.13. The number of rotatable bonds is 4. The van der Waals surface area contributed by atoms with Crippen LogP contribution in [0.3, 0.4) is 0 Å². The molecular formula is C19H18F2N2O2. The van der Waals surface area contributed by atoms with Crippen molar-refractivity contribution in [3.8, 4) is 0 Å². The number of amides is 2. The van der Waals surface area contributed by atoms with Gasteiger partial charge in [-0.25, -0.2) is 8.78 Å². The Morgan fingerprint density at radius 3 is 2.32 bits per heavy atom. The third-order valence-corrected chi connectivity index (χ3v) is 4.25. The third-order valence-electron chi connectivity index (χ3n) is 4.25. The summed E-state index contributed by atoms with van der Waals surface area (Å²) in [5.74, 6) is -2.72. The quantitative estimate of drug-likeness (QED) is 0.852. The number of hydrogen-bond donors (Lipinski definition) is 0. The van der Waals surface area contributed by atoms with Crippen LogP contribution in [0, 0.1) is 18.6 Å². The van der Waals surface area contributed by atoms with Crippen molar-refractivity contribution in [3.05, 3.63) is 65.2 Å². The molecule has 25 heavy (non-hydrogen) atoms. The third kappa shape index (κ3) is 3.52. The van der Waals surface area contributed by atoms with E-state index in [1.54, 1.807) is 24.3 Å². The second kappa shape index (κ2) is 7.01. The smallest absolute Gasteiger partial charge is 0.265 e. The summed E-state index contributed by atoms with van der Waals surface area (Å²) in [6.45, 7) is 2.39. The van der Waals surface area contributed by atoms with Gasteiger partial charge in [-0.15, -0.1) is 0 Å². The lowest BCUT2D eigenvalue weighted by atomic mass is 10.1. The highest BCUT2D eigenvalue weighted by Gasteiger charge is 2.29. The van der Waals surface area contributed by atoms with E-state index >= 15 is 0 Å². The Balaban J connectivity index is 1.99. The lowest BCUT2D eigenvalue weighted by Crippen LogP contribution is -2.43. The summed E-state index contributed by atoms with van der Waals surface area (Å²) in [5.41, 5.74) is 0.859. The second-order valence-electron chi connectivity index (χ2n) is 6.07. The molecule has 0 saturated carbocycles. The number of hydrogen-bond acceptors (Lipinski definition) is 2. The van der Waals surface area contributed by atoms with Crippen LogP contribution >= 0.6 is 0 Å². The molecule has 0 aromatic heterocycles. The van der Waals surface area contributed by atoms with E-state index in [0.717, 1.165) is 17.7 Å². The van der Waals surface area contributed by atoms with Crippen LogP contribution in [-0.4, -0.2) is 29.9 Å². The minimum atomic E-state index is -0.921. The van der Waals surface area contributed by atoms with Crippen molar-refractivity contribution in [1.29, 1.82) is 0 Å². The number of anilines is 1. The molecule has 1 heterocycles. The van der Waals surface area contributed by atoms with Crippen LogP contribution < -0.4 is 4.90 Å². The van der Waals surface area contributed by atoms with Gasteiger partial charge >= 0.3 is 0 Å². The Morgan fingerprint density at radius 1 is 1.12 bits per heavy atom. The van der Waals surface area contributed by atoms with E-state index in [4.69, 9.17) is 0 Å². The molecule has 2 amide bonds. The highest BCUT2D eigenvalue weighted by molar-refractivity contribution is 6.06. The molecule has 0 spiro atoms. The Labute approximate surface area is 144 Å². The first-order valence-electron chi connectivity index (χ1n) is 8.07. The predicted molar refractivity (Wildman–Crippen MR) is 90.2 cm³/mol. The van der Waals surface area contributed by atoms with Crippen LogP contribution in [0.15, 0.2) is 42.5 Å². The van der Waals surface area contributed by atoms with Crippen LogP contribution in [0.4, 0.5) is 14.5 Å². The van der Waals surface area contributed by atoms with Crippen molar-refractivity contribution < 1.29 is 18.4 Å². The van der Waals surface area contributed by atoms with Gasteiger partial charge in [0.1, 0.15) is 23.9 Å². The lowest BCUT2D eigenvalue weighted by Gasteiger charge is -2.28. The highest BCUT2D eigenvalue weighted by atomic mass is 19.1. The largest absolute Gasteiger partial charge is 0.324 e. The average molecular weight is 344 g/mol. The number of halogens is 2. The van der Waals surface area contributed by atoms with Gasteiger partial charge in [-0.3, -0.25) is 14.5 Å². The normalized spacial score (nSPS) is 14.0.